The van der Waals surface area contributed by atoms with Gasteiger partial charge in [0.15, 0.2) is 5.11 Å². The van der Waals surface area contributed by atoms with Crippen molar-refractivity contribution in [2.45, 2.75) is 6.42 Å². The van der Waals surface area contributed by atoms with E-state index >= 15 is 0 Å². The number of para-hydroxylation sites is 2. The summed E-state index contributed by atoms with van der Waals surface area (Å²) in [5.74, 6) is -0.228. The average Bonchev–Trinajstić information content (AvgIpc) is 2.69. The number of anilines is 2. The Morgan fingerprint density at radius 3 is 2.33 bits per heavy atom. The minimum absolute atomic E-state index is 0.189. The molecule has 0 bridgehead atoms. The van der Waals surface area contributed by atoms with Gasteiger partial charge in [-0.2, -0.15) is 4.31 Å². The van der Waals surface area contributed by atoms with Crippen LogP contribution in [0.15, 0.2) is 48.5 Å². The molecule has 1 heterocycles. The number of nitrogens with zero attached hydrogens (tertiary/aromatic N) is 2. The Morgan fingerprint density at radius 2 is 1.70 bits per heavy atom. The fourth-order valence-electron chi connectivity index (χ4n) is 3.23. The molecule has 1 fully saturated rings. The summed E-state index contributed by atoms with van der Waals surface area (Å²) >= 11 is 11.2. The van der Waals surface area contributed by atoms with Crippen LogP contribution in [-0.2, 0) is 21.2 Å². The lowest BCUT2D eigenvalue weighted by Gasteiger charge is -2.35. The van der Waals surface area contributed by atoms with Crippen LogP contribution in [0.4, 0.5) is 11.4 Å². The van der Waals surface area contributed by atoms with Crippen LogP contribution < -0.4 is 15.5 Å². The van der Waals surface area contributed by atoms with E-state index in [1.54, 1.807) is 24.3 Å². The third kappa shape index (κ3) is 6.15. The van der Waals surface area contributed by atoms with Gasteiger partial charge in [0.25, 0.3) is 0 Å². The van der Waals surface area contributed by atoms with Crippen molar-refractivity contribution in [3.05, 3.63) is 59.1 Å². The topological polar surface area (TPSA) is 81.8 Å². The van der Waals surface area contributed by atoms with Crippen LogP contribution in [0.2, 0.25) is 5.02 Å². The second-order valence-electron chi connectivity index (χ2n) is 6.97. The number of halogens is 1. The first-order chi connectivity index (χ1) is 14.2. The maximum atomic E-state index is 12.3. The van der Waals surface area contributed by atoms with Crippen molar-refractivity contribution in [3.8, 4) is 0 Å². The normalized spacial score (nSPS) is 14.9. The lowest BCUT2D eigenvalue weighted by molar-refractivity contribution is -0.119. The van der Waals surface area contributed by atoms with Crippen LogP contribution >= 0.6 is 23.8 Å². The van der Waals surface area contributed by atoms with Crippen LogP contribution in [0.3, 0.4) is 0 Å². The zero-order valence-electron chi connectivity index (χ0n) is 16.5. The van der Waals surface area contributed by atoms with E-state index in [0.717, 1.165) is 16.9 Å². The summed E-state index contributed by atoms with van der Waals surface area (Å²) in [6.45, 7) is 1.99. The van der Waals surface area contributed by atoms with E-state index < -0.39 is 10.0 Å². The summed E-state index contributed by atoms with van der Waals surface area (Å²) < 4.78 is 24.9. The van der Waals surface area contributed by atoms with Crippen LogP contribution in [0.25, 0.3) is 0 Å². The molecular formula is C20H23ClN4O3S2. The van der Waals surface area contributed by atoms with Gasteiger partial charge in [-0.05, 0) is 42.0 Å². The average molecular weight is 467 g/mol. The highest BCUT2D eigenvalue weighted by Crippen LogP contribution is 2.27. The van der Waals surface area contributed by atoms with E-state index in [1.807, 2.05) is 24.3 Å². The molecule has 10 heteroatoms. The van der Waals surface area contributed by atoms with E-state index in [1.165, 1.54) is 10.6 Å². The molecule has 0 spiro atoms. The standard InChI is InChI=1S/C20H23ClN4O3S2/c1-30(27,28)25-12-10-24(11-13-25)18-5-3-2-4-17(18)22-20(29)23-19(26)14-15-6-8-16(21)9-7-15/h2-9H,10-14H2,1H3,(H2,22,23,26,29). The summed E-state index contributed by atoms with van der Waals surface area (Å²) in [5, 5.41) is 6.59. The van der Waals surface area contributed by atoms with Gasteiger partial charge in [0.05, 0.1) is 24.1 Å². The number of piperazine rings is 1. The maximum Gasteiger partial charge on any atom is 0.230 e. The van der Waals surface area contributed by atoms with Crippen LogP contribution in [0.5, 0.6) is 0 Å². The Kier molecular flexibility index (Phi) is 7.30. The Bertz CT molecular complexity index is 1020. The fraction of sp³-hybridized carbons (Fsp3) is 0.300. The zero-order chi connectivity index (χ0) is 21.7. The Labute approximate surface area is 187 Å². The van der Waals surface area contributed by atoms with Gasteiger partial charge in [-0.15, -0.1) is 0 Å². The van der Waals surface area contributed by atoms with Crippen LogP contribution in [0, 0.1) is 0 Å². The van der Waals surface area contributed by atoms with Crippen molar-refractivity contribution in [2.24, 2.45) is 0 Å². The highest BCUT2D eigenvalue weighted by atomic mass is 35.5. The van der Waals surface area contributed by atoms with Crippen molar-refractivity contribution in [3.63, 3.8) is 0 Å². The first-order valence-electron chi connectivity index (χ1n) is 9.37. The summed E-state index contributed by atoms with van der Waals surface area (Å²) in [6, 6.07) is 14.7. The SMILES string of the molecule is CS(=O)(=O)N1CCN(c2ccccc2NC(=S)NC(=O)Cc2ccc(Cl)cc2)CC1. The predicted octanol–water partition coefficient (Wildman–Crippen LogP) is 2.48. The van der Waals surface area contributed by atoms with E-state index in [9.17, 15) is 13.2 Å². The number of carbonyl (C=O) groups excluding carboxylic acids is 1. The number of carbonyl (C=O) groups is 1. The highest BCUT2D eigenvalue weighted by molar-refractivity contribution is 7.88. The van der Waals surface area contributed by atoms with E-state index in [0.29, 0.717) is 31.2 Å². The van der Waals surface area contributed by atoms with Crippen molar-refractivity contribution in [1.29, 1.82) is 0 Å². The largest absolute Gasteiger partial charge is 0.367 e. The van der Waals surface area contributed by atoms with Gasteiger partial charge in [0.2, 0.25) is 15.9 Å². The predicted molar refractivity (Wildman–Crippen MR) is 125 cm³/mol. The lowest BCUT2D eigenvalue weighted by Crippen LogP contribution is -2.48. The summed E-state index contributed by atoms with van der Waals surface area (Å²) in [4.78, 5) is 14.4. The highest BCUT2D eigenvalue weighted by Gasteiger charge is 2.24. The second kappa shape index (κ2) is 9.74. The quantitative estimate of drug-likeness (QED) is 0.659. The molecule has 0 aliphatic carbocycles. The molecular weight excluding hydrogens is 444 g/mol. The lowest BCUT2D eigenvalue weighted by atomic mass is 10.1. The van der Waals surface area contributed by atoms with Crippen molar-refractivity contribution in [1.82, 2.24) is 9.62 Å². The molecule has 1 aliphatic rings. The third-order valence-corrected chi connectivity index (χ3v) is 6.49. The van der Waals surface area contributed by atoms with Crippen LogP contribution in [-0.4, -0.2) is 56.2 Å². The number of rotatable bonds is 5. The van der Waals surface area contributed by atoms with Gasteiger partial charge in [0, 0.05) is 31.2 Å². The Hall–Kier alpha value is -2.20. The van der Waals surface area contributed by atoms with E-state index in [2.05, 4.69) is 15.5 Å². The van der Waals surface area contributed by atoms with Gasteiger partial charge in [-0.25, -0.2) is 8.42 Å². The van der Waals surface area contributed by atoms with Gasteiger partial charge in [-0.3, -0.25) is 4.79 Å². The monoisotopic (exact) mass is 466 g/mol. The van der Waals surface area contributed by atoms with Gasteiger partial charge < -0.3 is 15.5 Å². The third-order valence-electron chi connectivity index (χ3n) is 4.73. The fourth-order valence-corrected chi connectivity index (χ4v) is 4.40. The molecule has 30 heavy (non-hydrogen) atoms. The maximum absolute atomic E-state index is 12.3. The van der Waals surface area contributed by atoms with Gasteiger partial charge in [-0.1, -0.05) is 35.9 Å². The molecule has 0 saturated carbocycles. The smallest absolute Gasteiger partial charge is 0.230 e. The molecule has 0 radical (unpaired) electrons. The number of hydrogen-bond donors (Lipinski definition) is 2. The molecule has 2 aromatic rings. The molecule has 160 valence electrons. The minimum atomic E-state index is -3.19. The Morgan fingerprint density at radius 1 is 1.07 bits per heavy atom. The minimum Gasteiger partial charge on any atom is -0.367 e. The first kappa shape index (κ1) is 22.5. The molecule has 2 aromatic carbocycles. The van der Waals surface area contributed by atoms with E-state index in [-0.39, 0.29) is 17.4 Å². The number of hydrogen-bond acceptors (Lipinski definition) is 5. The van der Waals surface area contributed by atoms with Crippen molar-refractivity contribution >= 4 is 56.2 Å². The zero-order valence-corrected chi connectivity index (χ0v) is 18.9. The molecule has 0 atom stereocenters. The summed E-state index contributed by atoms with van der Waals surface area (Å²) in [7, 11) is -3.19. The molecule has 0 unspecified atom stereocenters. The number of amides is 1. The molecule has 1 saturated heterocycles. The second-order valence-corrected chi connectivity index (χ2v) is 9.80. The summed E-state index contributed by atoms with van der Waals surface area (Å²) in [6.07, 6.45) is 1.41. The van der Waals surface area contributed by atoms with Crippen molar-refractivity contribution in [2.75, 3.05) is 42.7 Å². The molecule has 2 N–H and O–H groups in total. The van der Waals surface area contributed by atoms with Gasteiger partial charge in [0.1, 0.15) is 0 Å². The van der Waals surface area contributed by atoms with Crippen molar-refractivity contribution < 1.29 is 13.2 Å². The molecule has 1 amide bonds. The number of nitrogens with one attached hydrogen (secondary N) is 2. The summed E-state index contributed by atoms with van der Waals surface area (Å²) in [5.41, 5.74) is 2.49. The first-order valence-corrected chi connectivity index (χ1v) is 12.0. The number of benzene rings is 2. The Balaban J connectivity index is 1.60. The number of thiocarbonyl (C=S) groups is 1. The molecule has 1 aliphatic heterocycles. The molecule has 0 aromatic heterocycles. The number of sulfonamides is 1. The van der Waals surface area contributed by atoms with E-state index in [4.69, 9.17) is 23.8 Å². The molecule has 3 rings (SSSR count). The van der Waals surface area contributed by atoms with Crippen LogP contribution in [0.1, 0.15) is 5.56 Å². The van der Waals surface area contributed by atoms with Gasteiger partial charge >= 0.3 is 0 Å². The molecule has 7 nitrogen and oxygen atoms in total.